The van der Waals surface area contributed by atoms with Crippen molar-refractivity contribution < 1.29 is 17.9 Å². The van der Waals surface area contributed by atoms with Crippen LogP contribution < -0.4 is 14.8 Å². The second-order valence-corrected chi connectivity index (χ2v) is 7.54. The summed E-state index contributed by atoms with van der Waals surface area (Å²) in [7, 11) is -3.49. The van der Waals surface area contributed by atoms with E-state index in [1.807, 2.05) is 13.8 Å². The van der Waals surface area contributed by atoms with E-state index in [4.69, 9.17) is 4.74 Å². The van der Waals surface area contributed by atoms with Crippen LogP contribution in [0.5, 0.6) is 5.75 Å². The van der Waals surface area contributed by atoms with E-state index in [9.17, 15) is 13.2 Å². The first-order chi connectivity index (χ1) is 11.4. The van der Waals surface area contributed by atoms with Crippen molar-refractivity contribution in [1.29, 1.82) is 0 Å². The molecule has 1 atom stereocenters. The van der Waals surface area contributed by atoms with Gasteiger partial charge in [0.15, 0.2) is 6.61 Å². The molecule has 6 nitrogen and oxygen atoms in total. The summed E-state index contributed by atoms with van der Waals surface area (Å²) in [5.74, 6) is 0.273. The van der Waals surface area contributed by atoms with Crippen molar-refractivity contribution in [2.45, 2.75) is 57.4 Å². The van der Waals surface area contributed by atoms with Gasteiger partial charge in [0.05, 0.1) is 4.90 Å². The van der Waals surface area contributed by atoms with Crippen LogP contribution in [0.2, 0.25) is 0 Å². The van der Waals surface area contributed by atoms with E-state index >= 15 is 0 Å². The Labute approximate surface area is 145 Å². The van der Waals surface area contributed by atoms with E-state index in [1.54, 1.807) is 12.1 Å². The molecule has 24 heavy (non-hydrogen) atoms. The van der Waals surface area contributed by atoms with Crippen molar-refractivity contribution in [2.75, 3.05) is 13.2 Å². The van der Waals surface area contributed by atoms with Crippen molar-refractivity contribution in [3.63, 3.8) is 0 Å². The van der Waals surface area contributed by atoms with Gasteiger partial charge in [-0.2, -0.15) is 0 Å². The molecule has 1 rings (SSSR count). The van der Waals surface area contributed by atoms with E-state index in [0.29, 0.717) is 12.3 Å². The molecule has 0 aliphatic heterocycles. The van der Waals surface area contributed by atoms with Crippen molar-refractivity contribution >= 4 is 15.9 Å². The van der Waals surface area contributed by atoms with Crippen LogP contribution in [0.25, 0.3) is 0 Å². The molecule has 0 aliphatic carbocycles. The highest BCUT2D eigenvalue weighted by atomic mass is 32.2. The maximum Gasteiger partial charge on any atom is 0.258 e. The van der Waals surface area contributed by atoms with Gasteiger partial charge >= 0.3 is 0 Å². The van der Waals surface area contributed by atoms with Gasteiger partial charge in [-0.15, -0.1) is 0 Å². The summed E-state index contributed by atoms with van der Waals surface area (Å²) in [6, 6.07) is 6.17. The Morgan fingerprint density at radius 2 is 1.83 bits per heavy atom. The molecule has 0 aromatic heterocycles. The number of unbranched alkanes of at least 4 members (excludes halogenated alkanes) is 1. The van der Waals surface area contributed by atoms with Gasteiger partial charge in [-0.05, 0) is 44.0 Å². The average molecular weight is 356 g/mol. The number of hydrogen-bond donors (Lipinski definition) is 2. The Balaban J connectivity index is 2.51. The standard InChI is InChI=1S/C17H28N2O4S/c1-4-6-12-18-24(21,22)16-10-8-15(9-11-16)23-13-17(20)19-14(3)7-5-2/h8-11,14,18H,4-7,12-13H2,1-3H3,(H,19,20)/t14-/m1/s1. The van der Waals surface area contributed by atoms with Gasteiger partial charge in [0.1, 0.15) is 5.75 Å². The molecule has 0 radical (unpaired) electrons. The third kappa shape index (κ3) is 7.31. The third-order valence-electron chi connectivity index (χ3n) is 3.46. The minimum absolute atomic E-state index is 0.0884. The largest absolute Gasteiger partial charge is 0.484 e. The number of ether oxygens (including phenoxy) is 1. The quantitative estimate of drug-likeness (QED) is 0.597. The molecule has 0 saturated heterocycles. The first kappa shape index (κ1) is 20.4. The maximum absolute atomic E-state index is 12.1. The summed E-state index contributed by atoms with van der Waals surface area (Å²) in [5, 5.41) is 2.85. The topological polar surface area (TPSA) is 84.5 Å². The summed E-state index contributed by atoms with van der Waals surface area (Å²) in [6.07, 6.45) is 3.65. The monoisotopic (exact) mass is 356 g/mol. The number of carbonyl (C=O) groups is 1. The van der Waals surface area contributed by atoms with Crippen LogP contribution in [-0.4, -0.2) is 33.5 Å². The number of benzene rings is 1. The molecule has 0 fully saturated rings. The smallest absolute Gasteiger partial charge is 0.258 e. The summed E-state index contributed by atoms with van der Waals surface area (Å²) >= 11 is 0. The first-order valence-electron chi connectivity index (χ1n) is 8.41. The van der Waals surface area contributed by atoms with Gasteiger partial charge in [-0.25, -0.2) is 13.1 Å². The van der Waals surface area contributed by atoms with Crippen LogP contribution in [0.15, 0.2) is 29.2 Å². The minimum atomic E-state index is -3.49. The summed E-state index contributed by atoms with van der Waals surface area (Å²) in [5.41, 5.74) is 0. The van der Waals surface area contributed by atoms with Gasteiger partial charge in [0.2, 0.25) is 10.0 Å². The Morgan fingerprint density at radius 1 is 1.17 bits per heavy atom. The van der Waals surface area contributed by atoms with Crippen molar-refractivity contribution in [3.05, 3.63) is 24.3 Å². The van der Waals surface area contributed by atoms with Gasteiger partial charge in [-0.3, -0.25) is 4.79 Å². The van der Waals surface area contributed by atoms with Crippen LogP contribution in [-0.2, 0) is 14.8 Å². The van der Waals surface area contributed by atoms with E-state index in [2.05, 4.69) is 17.0 Å². The number of amides is 1. The molecule has 2 N–H and O–H groups in total. The second-order valence-electron chi connectivity index (χ2n) is 5.77. The Kier molecular flexibility index (Phi) is 8.78. The molecule has 1 amide bonds. The number of carbonyl (C=O) groups excluding carboxylic acids is 1. The lowest BCUT2D eigenvalue weighted by Gasteiger charge is -2.13. The Bertz CT molecular complexity index is 600. The fraction of sp³-hybridized carbons (Fsp3) is 0.588. The molecule has 0 spiro atoms. The van der Waals surface area contributed by atoms with Gasteiger partial charge in [0, 0.05) is 12.6 Å². The molecule has 0 aliphatic rings. The van der Waals surface area contributed by atoms with Crippen LogP contribution >= 0.6 is 0 Å². The molecule has 1 aromatic rings. The Morgan fingerprint density at radius 3 is 2.42 bits per heavy atom. The summed E-state index contributed by atoms with van der Waals surface area (Å²) in [6.45, 7) is 6.35. The third-order valence-corrected chi connectivity index (χ3v) is 4.93. The van der Waals surface area contributed by atoms with Gasteiger partial charge in [0.25, 0.3) is 5.91 Å². The summed E-state index contributed by atoms with van der Waals surface area (Å²) < 4.78 is 32.0. The fourth-order valence-electron chi connectivity index (χ4n) is 2.15. The molecule has 7 heteroatoms. The number of sulfonamides is 1. The number of nitrogens with one attached hydrogen (secondary N) is 2. The molecule has 136 valence electrons. The highest BCUT2D eigenvalue weighted by Gasteiger charge is 2.13. The lowest BCUT2D eigenvalue weighted by atomic mass is 10.2. The predicted octanol–water partition coefficient (Wildman–Crippen LogP) is 2.45. The van der Waals surface area contributed by atoms with E-state index in [0.717, 1.165) is 25.7 Å². The van der Waals surface area contributed by atoms with Crippen molar-refractivity contribution in [2.24, 2.45) is 0 Å². The first-order valence-corrected chi connectivity index (χ1v) is 9.89. The number of hydrogen-bond acceptors (Lipinski definition) is 4. The van der Waals surface area contributed by atoms with Crippen molar-refractivity contribution in [1.82, 2.24) is 10.0 Å². The zero-order chi connectivity index (χ0) is 18.0. The van der Waals surface area contributed by atoms with Crippen LogP contribution in [0.3, 0.4) is 0 Å². The van der Waals surface area contributed by atoms with E-state index < -0.39 is 10.0 Å². The molecular formula is C17H28N2O4S. The van der Waals surface area contributed by atoms with Crippen molar-refractivity contribution in [3.8, 4) is 5.75 Å². The molecule has 0 saturated carbocycles. The lowest BCUT2D eigenvalue weighted by molar-refractivity contribution is -0.123. The fourth-order valence-corrected chi connectivity index (χ4v) is 3.23. The molecule has 0 unspecified atom stereocenters. The van der Waals surface area contributed by atoms with Gasteiger partial charge in [-0.1, -0.05) is 26.7 Å². The van der Waals surface area contributed by atoms with Gasteiger partial charge < -0.3 is 10.1 Å². The number of rotatable bonds is 11. The molecular weight excluding hydrogens is 328 g/mol. The second kappa shape index (κ2) is 10.3. The normalized spacial score (nSPS) is 12.6. The van der Waals surface area contributed by atoms with E-state index in [-0.39, 0.29) is 23.5 Å². The Hall–Kier alpha value is -1.60. The van der Waals surface area contributed by atoms with Crippen LogP contribution in [0, 0.1) is 0 Å². The SMILES string of the molecule is CCCCNS(=O)(=O)c1ccc(OCC(=O)N[C@H](C)CCC)cc1. The molecule has 0 bridgehead atoms. The minimum Gasteiger partial charge on any atom is -0.484 e. The maximum atomic E-state index is 12.1. The highest BCUT2D eigenvalue weighted by molar-refractivity contribution is 7.89. The lowest BCUT2D eigenvalue weighted by Crippen LogP contribution is -2.35. The molecule has 1 aromatic carbocycles. The predicted molar refractivity (Wildman–Crippen MR) is 94.5 cm³/mol. The van der Waals surface area contributed by atoms with Crippen LogP contribution in [0.4, 0.5) is 0 Å². The van der Waals surface area contributed by atoms with E-state index in [1.165, 1.54) is 12.1 Å². The molecule has 0 heterocycles. The zero-order valence-electron chi connectivity index (χ0n) is 14.7. The van der Waals surface area contributed by atoms with Crippen LogP contribution in [0.1, 0.15) is 46.5 Å². The average Bonchev–Trinajstić information content (AvgIpc) is 2.53. The summed E-state index contributed by atoms with van der Waals surface area (Å²) in [4.78, 5) is 11.9. The zero-order valence-corrected chi connectivity index (χ0v) is 15.5. The highest BCUT2D eigenvalue weighted by Crippen LogP contribution is 2.15.